The van der Waals surface area contributed by atoms with Gasteiger partial charge in [0, 0.05) is 6.42 Å². The number of hydrogen-bond acceptors (Lipinski definition) is 3. The van der Waals surface area contributed by atoms with Gasteiger partial charge in [0.2, 0.25) is 0 Å². The molecule has 0 saturated heterocycles. The van der Waals surface area contributed by atoms with Crippen molar-refractivity contribution in [2.75, 3.05) is 6.61 Å². The normalized spacial score (nSPS) is 12.5. The maximum atomic E-state index is 12.9. The van der Waals surface area contributed by atoms with Gasteiger partial charge in [-0.2, -0.15) is 0 Å². The van der Waals surface area contributed by atoms with Gasteiger partial charge in [0.25, 0.3) is 0 Å². The number of nitrogens with zero attached hydrogens (tertiary/aromatic N) is 2. The van der Waals surface area contributed by atoms with E-state index in [0.717, 1.165) is 29.7 Å². The number of fused-ring (bicyclic) bond motifs is 1. The minimum absolute atomic E-state index is 0.143. The fourth-order valence-electron chi connectivity index (χ4n) is 2.73. The average Bonchev–Trinajstić information content (AvgIpc) is 2.92. The fraction of sp³-hybridized carbons (Fsp3) is 0.316. The van der Waals surface area contributed by atoms with E-state index in [2.05, 4.69) is 16.5 Å². The fourth-order valence-corrected chi connectivity index (χ4v) is 2.73. The molecule has 3 rings (SSSR count). The van der Waals surface area contributed by atoms with Gasteiger partial charge >= 0.3 is 0 Å². The highest BCUT2D eigenvalue weighted by Crippen LogP contribution is 2.18. The van der Waals surface area contributed by atoms with Gasteiger partial charge < -0.3 is 14.4 Å². The Labute approximate surface area is 140 Å². The number of hydrogen-bond donors (Lipinski definition) is 1. The van der Waals surface area contributed by atoms with Gasteiger partial charge in [0.15, 0.2) is 0 Å². The molecule has 0 fully saturated rings. The van der Waals surface area contributed by atoms with Crippen LogP contribution in [0.15, 0.2) is 48.5 Å². The largest absolute Gasteiger partial charge is 0.491 e. The Morgan fingerprint density at radius 2 is 1.92 bits per heavy atom. The van der Waals surface area contributed by atoms with Crippen molar-refractivity contribution >= 4 is 11.0 Å². The summed E-state index contributed by atoms with van der Waals surface area (Å²) in [5.41, 5.74) is 1.95. The second-order valence-electron chi connectivity index (χ2n) is 5.80. The lowest BCUT2D eigenvalue weighted by Crippen LogP contribution is -2.24. The zero-order valence-corrected chi connectivity index (χ0v) is 13.7. The SMILES string of the molecule is CCCc1nc2ccccc2n1CC(O)COc1ccc(F)cc1. The molecule has 0 aliphatic heterocycles. The van der Waals surface area contributed by atoms with Gasteiger partial charge in [-0.1, -0.05) is 19.1 Å². The summed E-state index contributed by atoms with van der Waals surface area (Å²) in [6.45, 7) is 2.67. The van der Waals surface area contributed by atoms with Crippen LogP contribution in [0, 0.1) is 5.82 Å². The predicted molar refractivity (Wildman–Crippen MR) is 91.6 cm³/mol. The molecular weight excluding hydrogens is 307 g/mol. The van der Waals surface area contributed by atoms with E-state index in [-0.39, 0.29) is 12.4 Å². The van der Waals surface area contributed by atoms with Crippen molar-refractivity contribution in [3.05, 3.63) is 60.2 Å². The number of halogens is 1. The molecule has 1 aromatic heterocycles. The van der Waals surface area contributed by atoms with Gasteiger partial charge in [-0.05, 0) is 42.8 Å². The molecule has 0 aliphatic rings. The first-order valence-electron chi connectivity index (χ1n) is 8.18. The van der Waals surface area contributed by atoms with Gasteiger partial charge in [0.05, 0.1) is 17.6 Å². The van der Waals surface area contributed by atoms with Gasteiger partial charge in [0.1, 0.15) is 30.1 Å². The molecule has 5 heteroatoms. The van der Waals surface area contributed by atoms with E-state index >= 15 is 0 Å². The summed E-state index contributed by atoms with van der Waals surface area (Å²) in [6.07, 6.45) is 1.18. The Kier molecular flexibility index (Phi) is 5.11. The molecule has 2 aromatic carbocycles. The molecule has 0 bridgehead atoms. The molecule has 126 valence electrons. The Morgan fingerprint density at radius 3 is 2.67 bits per heavy atom. The van der Waals surface area contributed by atoms with Crippen molar-refractivity contribution in [2.45, 2.75) is 32.4 Å². The highest BCUT2D eigenvalue weighted by molar-refractivity contribution is 5.75. The number of aliphatic hydroxyl groups is 1. The van der Waals surface area contributed by atoms with Crippen molar-refractivity contribution < 1.29 is 14.2 Å². The molecule has 0 radical (unpaired) electrons. The number of rotatable bonds is 7. The van der Waals surface area contributed by atoms with Crippen LogP contribution in [0.3, 0.4) is 0 Å². The molecule has 1 N–H and O–H groups in total. The minimum Gasteiger partial charge on any atom is -0.491 e. The smallest absolute Gasteiger partial charge is 0.123 e. The monoisotopic (exact) mass is 328 g/mol. The summed E-state index contributed by atoms with van der Waals surface area (Å²) >= 11 is 0. The number of benzene rings is 2. The third kappa shape index (κ3) is 3.74. The van der Waals surface area contributed by atoms with E-state index in [4.69, 9.17) is 4.74 Å². The second kappa shape index (κ2) is 7.45. The van der Waals surface area contributed by atoms with Crippen molar-refractivity contribution in [3.63, 3.8) is 0 Å². The first-order valence-corrected chi connectivity index (χ1v) is 8.18. The van der Waals surface area contributed by atoms with E-state index < -0.39 is 6.10 Å². The van der Waals surface area contributed by atoms with E-state index in [1.807, 2.05) is 24.3 Å². The van der Waals surface area contributed by atoms with Crippen molar-refractivity contribution in [2.24, 2.45) is 0 Å². The van der Waals surface area contributed by atoms with Crippen LogP contribution in [0.25, 0.3) is 11.0 Å². The molecule has 0 saturated carbocycles. The number of aromatic nitrogens is 2. The van der Waals surface area contributed by atoms with Crippen LogP contribution in [0.2, 0.25) is 0 Å². The lowest BCUT2D eigenvalue weighted by Gasteiger charge is -2.15. The Balaban J connectivity index is 1.71. The number of imidazole rings is 1. The van der Waals surface area contributed by atoms with Crippen LogP contribution in [0.1, 0.15) is 19.2 Å². The van der Waals surface area contributed by atoms with E-state index in [1.54, 1.807) is 12.1 Å². The van der Waals surface area contributed by atoms with Crippen LogP contribution in [0.4, 0.5) is 4.39 Å². The molecule has 24 heavy (non-hydrogen) atoms. The maximum absolute atomic E-state index is 12.9. The number of aryl methyl sites for hydroxylation is 1. The van der Waals surface area contributed by atoms with E-state index in [1.165, 1.54) is 12.1 Å². The van der Waals surface area contributed by atoms with Crippen molar-refractivity contribution in [3.8, 4) is 5.75 Å². The molecule has 1 unspecified atom stereocenters. The summed E-state index contributed by atoms with van der Waals surface area (Å²) in [6, 6.07) is 13.7. The van der Waals surface area contributed by atoms with Crippen LogP contribution < -0.4 is 4.74 Å². The molecule has 0 aliphatic carbocycles. The Bertz CT molecular complexity index is 799. The van der Waals surface area contributed by atoms with Crippen LogP contribution in [0.5, 0.6) is 5.75 Å². The summed E-state index contributed by atoms with van der Waals surface area (Å²) in [5, 5.41) is 10.3. The van der Waals surface area contributed by atoms with Crippen molar-refractivity contribution in [1.29, 1.82) is 0 Å². The van der Waals surface area contributed by atoms with E-state index in [0.29, 0.717) is 12.3 Å². The average molecular weight is 328 g/mol. The number of aliphatic hydroxyl groups excluding tert-OH is 1. The minimum atomic E-state index is -0.678. The predicted octanol–water partition coefficient (Wildman–Crippen LogP) is 3.57. The first kappa shape index (κ1) is 16.5. The van der Waals surface area contributed by atoms with Crippen LogP contribution >= 0.6 is 0 Å². The van der Waals surface area contributed by atoms with Gasteiger partial charge in [-0.3, -0.25) is 0 Å². The van der Waals surface area contributed by atoms with Crippen LogP contribution in [-0.2, 0) is 13.0 Å². The highest BCUT2D eigenvalue weighted by Gasteiger charge is 2.14. The lowest BCUT2D eigenvalue weighted by atomic mass is 10.3. The third-order valence-electron chi connectivity index (χ3n) is 3.86. The number of ether oxygens (including phenoxy) is 1. The molecule has 3 aromatic rings. The zero-order chi connectivity index (χ0) is 16.9. The Hall–Kier alpha value is -2.40. The first-order chi connectivity index (χ1) is 11.7. The van der Waals surface area contributed by atoms with Gasteiger partial charge in [-0.15, -0.1) is 0 Å². The molecule has 0 amide bonds. The molecule has 1 heterocycles. The summed E-state index contributed by atoms with van der Waals surface area (Å²) in [5.74, 6) is 1.20. The molecule has 1 atom stereocenters. The second-order valence-corrected chi connectivity index (χ2v) is 5.80. The van der Waals surface area contributed by atoms with Gasteiger partial charge in [-0.25, -0.2) is 9.37 Å². The third-order valence-corrected chi connectivity index (χ3v) is 3.86. The molecular formula is C19H21FN2O2. The lowest BCUT2D eigenvalue weighted by molar-refractivity contribution is 0.0927. The molecule has 4 nitrogen and oxygen atoms in total. The quantitative estimate of drug-likeness (QED) is 0.721. The number of para-hydroxylation sites is 2. The summed E-state index contributed by atoms with van der Waals surface area (Å²) < 4.78 is 20.5. The van der Waals surface area contributed by atoms with Crippen LogP contribution in [-0.4, -0.2) is 27.4 Å². The zero-order valence-electron chi connectivity index (χ0n) is 13.7. The standard InChI is InChI=1S/C19H21FN2O2/c1-2-5-19-21-17-6-3-4-7-18(17)22(19)12-15(23)13-24-16-10-8-14(20)9-11-16/h3-4,6-11,15,23H,2,5,12-13H2,1H3. The maximum Gasteiger partial charge on any atom is 0.123 e. The summed E-state index contributed by atoms with van der Waals surface area (Å²) in [4.78, 5) is 4.65. The molecule has 0 spiro atoms. The Morgan fingerprint density at radius 1 is 1.17 bits per heavy atom. The topological polar surface area (TPSA) is 47.3 Å². The van der Waals surface area contributed by atoms with Crippen molar-refractivity contribution in [1.82, 2.24) is 9.55 Å². The van der Waals surface area contributed by atoms with E-state index in [9.17, 15) is 9.50 Å². The highest BCUT2D eigenvalue weighted by atomic mass is 19.1. The summed E-state index contributed by atoms with van der Waals surface area (Å²) in [7, 11) is 0.